The molecule has 1 nitrogen and oxygen atoms in total. The predicted molar refractivity (Wildman–Crippen MR) is 101 cm³/mol. The first kappa shape index (κ1) is 19.0. The second-order valence-corrected chi connectivity index (χ2v) is 7.69. The van der Waals surface area contributed by atoms with Crippen molar-refractivity contribution in [2.24, 2.45) is 0 Å². The van der Waals surface area contributed by atoms with Gasteiger partial charge in [-0.3, -0.25) is 4.79 Å². The van der Waals surface area contributed by atoms with Gasteiger partial charge in [0, 0.05) is 14.7 Å². The number of carbonyl (C=O) groups excluding carboxylic acids is 1. The smallest absolute Gasteiger partial charge is 0.288 e. The van der Waals surface area contributed by atoms with Crippen molar-refractivity contribution in [2.45, 2.75) is 13.1 Å². The Bertz CT molecular complexity index is 1010. The van der Waals surface area contributed by atoms with Crippen molar-refractivity contribution in [1.82, 2.24) is 0 Å². The van der Waals surface area contributed by atoms with Gasteiger partial charge >= 0.3 is 6.18 Å². The van der Waals surface area contributed by atoms with Crippen molar-refractivity contribution in [1.29, 1.82) is 0 Å². The number of aryl methyl sites for hydroxylation is 1. The highest BCUT2D eigenvalue weighted by Gasteiger charge is 2.35. The molecule has 0 fully saturated rings. The first-order valence-electron chi connectivity index (χ1n) is 7.43. The number of halogens is 5. The summed E-state index contributed by atoms with van der Waals surface area (Å²) in [5, 5.41) is 0.950. The van der Waals surface area contributed by atoms with Gasteiger partial charge in [0.05, 0.1) is 10.5 Å². The molecular formula is C19H11Cl2F3OS. The van der Waals surface area contributed by atoms with Crippen LogP contribution in [0.3, 0.4) is 0 Å². The molecule has 0 spiro atoms. The minimum absolute atomic E-state index is 0.0624. The van der Waals surface area contributed by atoms with Crippen LogP contribution in [-0.2, 0) is 0 Å². The largest absolute Gasteiger partial charge is 0.417 e. The Kier molecular flexibility index (Phi) is 5.15. The average molecular weight is 415 g/mol. The third kappa shape index (κ3) is 4.11. The highest BCUT2D eigenvalue weighted by Crippen LogP contribution is 2.37. The Morgan fingerprint density at radius 2 is 1.69 bits per heavy atom. The number of hydrogen-bond donors (Lipinski definition) is 0. The van der Waals surface area contributed by atoms with Gasteiger partial charge in [0.1, 0.15) is 0 Å². The van der Waals surface area contributed by atoms with Crippen molar-refractivity contribution < 1.29 is 18.0 Å². The summed E-state index contributed by atoms with van der Waals surface area (Å²) in [6.07, 6.45) is -4.13. The monoisotopic (exact) mass is 414 g/mol. The maximum atomic E-state index is 13.5. The van der Waals surface area contributed by atoms with Gasteiger partial charge in [0.25, 0.3) is 0 Å². The summed E-state index contributed by atoms with van der Waals surface area (Å²) < 4.78 is 41.3. The van der Waals surface area contributed by atoms with Gasteiger partial charge in [-0.1, -0.05) is 40.9 Å². The zero-order chi connectivity index (χ0) is 19.1. The van der Waals surface area contributed by atoms with E-state index in [4.69, 9.17) is 23.2 Å². The molecule has 7 heteroatoms. The first-order chi connectivity index (χ1) is 12.1. The van der Waals surface area contributed by atoms with Crippen molar-refractivity contribution in [3.05, 3.63) is 74.6 Å². The van der Waals surface area contributed by atoms with Crippen molar-refractivity contribution in [3.63, 3.8) is 0 Å². The van der Waals surface area contributed by atoms with Crippen LogP contribution in [0.5, 0.6) is 0 Å². The summed E-state index contributed by atoms with van der Waals surface area (Å²) in [5.74, 6) is -0.715. The maximum Gasteiger partial charge on any atom is 0.417 e. The van der Waals surface area contributed by atoms with Crippen molar-refractivity contribution >= 4 is 56.0 Å². The molecule has 0 saturated carbocycles. The van der Waals surface area contributed by atoms with Gasteiger partial charge in [-0.2, -0.15) is 13.2 Å². The number of carbonyl (C=O) groups is 1. The Morgan fingerprint density at radius 1 is 1.04 bits per heavy atom. The zero-order valence-corrected chi connectivity index (χ0v) is 15.7. The molecular weight excluding hydrogens is 404 g/mol. The normalized spacial score (nSPS) is 12.6. The molecule has 3 rings (SSSR count). The van der Waals surface area contributed by atoms with Crippen LogP contribution in [0.25, 0.3) is 15.7 Å². The van der Waals surface area contributed by atoms with Crippen molar-refractivity contribution in [3.8, 4) is 0 Å². The van der Waals surface area contributed by atoms with Crippen molar-refractivity contribution in [2.75, 3.05) is 0 Å². The molecule has 0 aliphatic rings. The van der Waals surface area contributed by atoms with Crippen LogP contribution in [-0.4, -0.2) is 12.0 Å². The fourth-order valence-corrected chi connectivity index (χ4v) is 4.00. The Labute approximate surface area is 161 Å². The van der Waals surface area contributed by atoms with Crippen LogP contribution in [0.15, 0.2) is 48.5 Å². The molecule has 2 aromatic carbocycles. The number of alkyl halides is 3. The lowest BCUT2D eigenvalue weighted by atomic mass is 10.0. The lowest BCUT2D eigenvalue weighted by molar-refractivity contribution is -0.0689. The number of rotatable bonds is 3. The molecule has 1 aromatic heterocycles. The first-order valence-corrected chi connectivity index (χ1v) is 9.00. The minimum Gasteiger partial charge on any atom is -0.288 e. The lowest BCUT2D eigenvalue weighted by Gasteiger charge is -2.12. The summed E-state index contributed by atoms with van der Waals surface area (Å²) in [7, 11) is 0. The number of thiophene rings is 1. The van der Waals surface area contributed by atoms with Gasteiger partial charge in [-0.25, -0.2) is 0 Å². The number of benzene rings is 2. The third-order valence-electron chi connectivity index (χ3n) is 3.67. The molecule has 0 atom stereocenters. The van der Waals surface area contributed by atoms with Crippen LogP contribution >= 0.6 is 34.5 Å². The number of ketones is 1. The van der Waals surface area contributed by atoms with Gasteiger partial charge in [-0.05, 0) is 54.3 Å². The molecule has 0 N–H and O–H groups in total. The second-order valence-electron chi connectivity index (χ2n) is 5.73. The zero-order valence-electron chi connectivity index (χ0n) is 13.3. The molecule has 26 heavy (non-hydrogen) atoms. The number of fused-ring (bicyclic) bond motifs is 1. The van der Waals surface area contributed by atoms with E-state index in [2.05, 4.69) is 0 Å². The van der Waals surface area contributed by atoms with Crippen LogP contribution in [0.4, 0.5) is 13.2 Å². The lowest BCUT2D eigenvalue weighted by Crippen LogP contribution is -2.12. The van der Waals surface area contributed by atoms with Crippen LogP contribution in [0.2, 0.25) is 10.0 Å². The molecule has 0 amide bonds. The predicted octanol–water partition coefficient (Wildman–Crippen LogP) is 7.35. The van der Waals surface area contributed by atoms with Gasteiger partial charge in [-0.15, -0.1) is 11.3 Å². The van der Waals surface area contributed by atoms with E-state index >= 15 is 0 Å². The molecule has 0 saturated heterocycles. The van der Waals surface area contributed by atoms with E-state index < -0.39 is 17.5 Å². The Morgan fingerprint density at radius 3 is 2.31 bits per heavy atom. The maximum absolute atomic E-state index is 13.5. The fraction of sp³-hybridized carbons (Fsp3) is 0.105. The summed E-state index contributed by atoms with van der Waals surface area (Å²) >= 11 is 12.8. The van der Waals surface area contributed by atoms with E-state index in [0.717, 1.165) is 39.1 Å². The summed E-state index contributed by atoms with van der Waals surface area (Å²) in [6.45, 7) is 1.91. The van der Waals surface area contributed by atoms with Crippen LogP contribution in [0, 0.1) is 6.92 Å². The van der Waals surface area contributed by atoms with E-state index in [-0.39, 0.29) is 20.5 Å². The van der Waals surface area contributed by atoms with Crippen LogP contribution < -0.4 is 0 Å². The summed E-state index contributed by atoms with van der Waals surface area (Å²) in [4.78, 5) is 12.7. The van der Waals surface area contributed by atoms with E-state index in [0.29, 0.717) is 6.08 Å². The summed E-state index contributed by atoms with van der Waals surface area (Å²) in [5.41, 5.74) is -0.324. The topological polar surface area (TPSA) is 17.1 Å². The highest BCUT2D eigenvalue weighted by molar-refractivity contribution is 7.21. The molecule has 0 unspecified atom stereocenters. The molecule has 3 aromatic rings. The molecule has 134 valence electrons. The molecule has 0 bridgehead atoms. The quantitative estimate of drug-likeness (QED) is 0.323. The highest BCUT2D eigenvalue weighted by atomic mass is 35.5. The van der Waals surface area contributed by atoms with Gasteiger partial charge in [0.2, 0.25) is 0 Å². The standard InChI is InChI=1S/C19H11Cl2F3OS/c1-10-2-3-17-12(4-10)7-18(26-17)16(25)9-15(19(22,23)24)11-5-13(20)8-14(21)6-11/h2-9H,1H3/b15-9+. The number of allylic oxidation sites excluding steroid dienone is 2. The van der Waals surface area contributed by atoms with Gasteiger partial charge in [0.15, 0.2) is 5.78 Å². The Balaban J connectivity index is 2.07. The molecule has 1 heterocycles. The van der Waals surface area contributed by atoms with E-state index in [1.54, 1.807) is 6.07 Å². The fourth-order valence-electron chi connectivity index (χ4n) is 2.52. The molecule has 0 aliphatic carbocycles. The second kappa shape index (κ2) is 7.06. The SMILES string of the molecule is Cc1ccc2sc(C(=O)/C=C(\c3cc(Cl)cc(Cl)c3)C(F)(F)F)cc2c1. The average Bonchev–Trinajstić information content (AvgIpc) is 2.93. The van der Waals surface area contributed by atoms with Gasteiger partial charge < -0.3 is 0 Å². The minimum atomic E-state index is -4.73. The number of hydrogen-bond acceptors (Lipinski definition) is 2. The Hall–Kier alpha value is -1.82. The van der Waals surface area contributed by atoms with E-state index in [9.17, 15) is 18.0 Å². The van der Waals surface area contributed by atoms with E-state index in [1.165, 1.54) is 6.07 Å². The third-order valence-corrected chi connectivity index (χ3v) is 5.24. The molecule has 0 radical (unpaired) electrons. The molecule has 0 aliphatic heterocycles. The van der Waals surface area contributed by atoms with E-state index in [1.807, 2.05) is 25.1 Å². The van der Waals surface area contributed by atoms with Crippen LogP contribution in [0.1, 0.15) is 20.8 Å². The summed E-state index contributed by atoms with van der Waals surface area (Å²) in [6, 6.07) is 10.8.